The molecule has 0 atom stereocenters. The number of rotatable bonds is 2. The van der Waals surface area contributed by atoms with Crippen LogP contribution in [0.3, 0.4) is 0 Å². The van der Waals surface area contributed by atoms with Crippen LogP contribution in [-0.2, 0) is 20.0 Å². The van der Waals surface area contributed by atoms with Crippen LogP contribution in [-0.4, -0.2) is 50.2 Å². The Kier molecular flexibility index (Phi) is 4.49. The standard InChI is InChI=1S/C19H26N6O2/c1-12-4-7-24(8-5-12)19-20-16-11-25(9-6-14(16)17(26)21-19)18(27)15-10-23(3)22-13(15)2/h10,12H,4-9,11H2,1-3H3,(H,20,21,26). The second-order valence-corrected chi connectivity index (χ2v) is 7.76. The summed E-state index contributed by atoms with van der Waals surface area (Å²) in [5.41, 5.74) is 2.68. The van der Waals surface area contributed by atoms with E-state index in [0.717, 1.165) is 31.6 Å². The first-order valence-electron chi connectivity index (χ1n) is 9.59. The third-order valence-electron chi connectivity index (χ3n) is 5.68. The van der Waals surface area contributed by atoms with Gasteiger partial charge in [0.15, 0.2) is 0 Å². The molecule has 0 bridgehead atoms. The van der Waals surface area contributed by atoms with Gasteiger partial charge in [-0.25, -0.2) is 4.98 Å². The first-order chi connectivity index (χ1) is 12.9. The molecule has 1 fully saturated rings. The average Bonchev–Trinajstić information content (AvgIpc) is 2.99. The number of aromatic nitrogens is 4. The fourth-order valence-electron chi connectivity index (χ4n) is 3.95. The lowest BCUT2D eigenvalue weighted by Gasteiger charge is -2.32. The Hall–Kier alpha value is -2.64. The van der Waals surface area contributed by atoms with E-state index in [0.29, 0.717) is 48.2 Å². The molecule has 0 saturated carbocycles. The van der Waals surface area contributed by atoms with Gasteiger partial charge in [0.05, 0.1) is 23.5 Å². The highest BCUT2D eigenvalue weighted by Gasteiger charge is 2.28. The van der Waals surface area contributed by atoms with Gasteiger partial charge in [-0.15, -0.1) is 0 Å². The Morgan fingerprint density at radius 3 is 2.67 bits per heavy atom. The van der Waals surface area contributed by atoms with Crippen LogP contribution in [0.25, 0.3) is 0 Å². The van der Waals surface area contributed by atoms with E-state index in [9.17, 15) is 9.59 Å². The molecule has 1 saturated heterocycles. The quantitative estimate of drug-likeness (QED) is 0.860. The summed E-state index contributed by atoms with van der Waals surface area (Å²) in [4.78, 5) is 37.1. The number of carbonyl (C=O) groups is 1. The number of H-pyrrole nitrogens is 1. The number of fused-ring (bicyclic) bond motifs is 1. The average molecular weight is 370 g/mol. The lowest BCUT2D eigenvalue weighted by Crippen LogP contribution is -2.41. The number of hydrogen-bond donors (Lipinski definition) is 1. The van der Waals surface area contributed by atoms with Crippen LogP contribution in [0.1, 0.15) is 47.1 Å². The van der Waals surface area contributed by atoms with Gasteiger partial charge in [-0.05, 0) is 32.1 Å². The predicted molar refractivity (Wildman–Crippen MR) is 102 cm³/mol. The van der Waals surface area contributed by atoms with Gasteiger partial charge in [-0.1, -0.05) is 6.92 Å². The summed E-state index contributed by atoms with van der Waals surface area (Å²) in [6, 6.07) is 0. The van der Waals surface area contributed by atoms with E-state index in [1.807, 2.05) is 14.0 Å². The number of hydrogen-bond acceptors (Lipinski definition) is 5. The smallest absolute Gasteiger partial charge is 0.257 e. The molecule has 8 nitrogen and oxygen atoms in total. The maximum Gasteiger partial charge on any atom is 0.257 e. The maximum absolute atomic E-state index is 12.9. The maximum atomic E-state index is 12.9. The summed E-state index contributed by atoms with van der Waals surface area (Å²) in [6.07, 6.45) is 4.48. The van der Waals surface area contributed by atoms with Crippen molar-refractivity contribution in [1.29, 1.82) is 0 Å². The van der Waals surface area contributed by atoms with Crippen molar-refractivity contribution in [2.75, 3.05) is 24.5 Å². The van der Waals surface area contributed by atoms with Gasteiger partial charge < -0.3 is 9.80 Å². The summed E-state index contributed by atoms with van der Waals surface area (Å²) in [6.45, 7) is 6.78. The zero-order chi connectivity index (χ0) is 19.1. The lowest BCUT2D eigenvalue weighted by molar-refractivity contribution is 0.0730. The number of amides is 1. The number of piperidine rings is 1. The number of aromatic amines is 1. The Morgan fingerprint density at radius 1 is 1.26 bits per heavy atom. The zero-order valence-electron chi connectivity index (χ0n) is 16.2. The van der Waals surface area contributed by atoms with Gasteiger partial charge in [0, 0.05) is 38.4 Å². The van der Waals surface area contributed by atoms with Gasteiger partial charge in [0.1, 0.15) is 0 Å². The van der Waals surface area contributed by atoms with Crippen molar-refractivity contribution in [3.05, 3.63) is 39.1 Å². The van der Waals surface area contributed by atoms with E-state index >= 15 is 0 Å². The molecule has 8 heteroatoms. The third kappa shape index (κ3) is 3.36. The number of carbonyl (C=O) groups excluding carboxylic acids is 1. The lowest BCUT2D eigenvalue weighted by atomic mass is 9.99. The Bertz CT molecular complexity index is 923. The van der Waals surface area contributed by atoms with Gasteiger partial charge in [0.2, 0.25) is 5.95 Å². The minimum Gasteiger partial charge on any atom is -0.342 e. The molecule has 0 aliphatic carbocycles. The van der Waals surface area contributed by atoms with E-state index in [1.165, 1.54) is 0 Å². The molecule has 27 heavy (non-hydrogen) atoms. The van der Waals surface area contributed by atoms with Gasteiger partial charge in [-0.3, -0.25) is 19.3 Å². The first-order valence-corrected chi connectivity index (χ1v) is 9.59. The van der Waals surface area contributed by atoms with Crippen LogP contribution in [0.2, 0.25) is 0 Å². The molecule has 1 amide bonds. The fourth-order valence-corrected chi connectivity index (χ4v) is 3.95. The molecule has 4 rings (SSSR count). The van der Waals surface area contributed by atoms with Crippen molar-refractivity contribution in [3.8, 4) is 0 Å². The Labute approximate surface area is 158 Å². The zero-order valence-corrected chi connectivity index (χ0v) is 16.2. The third-order valence-corrected chi connectivity index (χ3v) is 5.68. The highest BCUT2D eigenvalue weighted by molar-refractivity contribution is 5.95. The van der Waals surface area contributed by atoms with Gasteiger partial charge >= 0.3 is 0 Å². The second kappa shape index (κ2) is 6.83. The van der Waals surface area contributed by atoms with E-state index in [2.05, 4.69) is 21.9 Å². The molecule has 144 valence electrons. The first kappa shape index (κ1) is 17.8. The molecule has 2 aliphatic heterocycles. The molecule has 0 radical (unpaired) electrons. The molecule has 2 aliphatic rings. The summed E-state index contributed by atoms with van der Waals surface area (Å²) < 4.78 is 1.65. The van der Waals surface area contributed by atoms with Crippen molar-refractivity contribution < 1.29 is 4.79 Å². The molecule has 2 aromatic rings. The molecular weight excluding hydrogens is 344 g/mol. The Balaban J connectivity index is 1.59. The van der Waals surface area contributed by atoms with Crippen LogP contribution in [0, 0.1) is 12.8 Å². The number of aryl methyl sites for hydroxylation is 2. The molecule has 0 aromatic carbocycles. The predicted octanol–water partition coefficient (Wildman–Crippen LogP) is 1.25. The van der Waals surface area contributed by atoms with Crippen LogP contribution in [0.15, 0.2) is 11.0 Å². The number of anilines is 1. The van der Waals surface area contributed by atoms with Gasteiger partial charge in [0.25, 0.3) is 11.5 Å². The van der Waals surface area contributed by atoms with Crippen molar-refractivity contribution in [2.24, 2.45) is 13.0 Å². The second-order valence-electron chi connectivity index (χ2n) is 7.76. The minimum atomic E-state index is -0.0710. The van der Waals surface area contributed by atoms with E-state index < -0.39 is 0 Å². The Morgan fingerprint density at radius 2 is 2.00 bits per heavy atom. The highest BCUT2D eigenvalue weighted by atomic mass is 16.2. The van der Waals surface area contributed by atoms with Crippen molar-refractivity contribution in [1.82, 2.24) is 24.6 Å². The number of nitrogens with one attached hydrogen (secondary N) is 1. The van der Waals surface area contributed by atoms with Crippen LogP contribution >= 0.6 is 0 Å². The summed E-state index contributed by atoms with van der Waals surface area (Å²) in [5.74, 6) is 1.29. The molecule has 4 heterocycles. The normalized spacial score (nSPS) is 17.9. The topological polar surface area (TPSA) is 87.1 Å². The summed E-state index contributed by atoms with van der Waals surface area (Å²) in [7, 11) is 1.81. The molecule has 0 unspecified atom stereocenters. The highest BCUT2D eigenvalue weighted by Crippen LogP contribution is 2.22. The van der Waals surface area contributed by atoms with Crippen molar-refractivity contribution in [3.63, 3.8) is 0 Å². The summed E-state index contributed by atoms with van der Waals surface area (Å²) >= 11 is 0. The van der Waals surface area contributed by atoms with Crippen molar-refractivity contribution >= 4 is 11.9 Å². The number of nitrogens with zero attached hydrogens (tertiary/aromatic N) is 5. The molecular formula is C19H26N6O2. The SMILES string of the molecule is Cc1nn(C)cc1C(=O)N1CCc2c(nc(N3CCC(C)CC3)[nH]c2=O)C1. The van der Waals surface area contributed by atoms with Crippen LogP contribution < -0.4 is 10.5 Å². The van der Waals surface area contributed by atoms with Crippen LogP contribution in [0.4, 0.5) is 5.95 Å². The molecule has 1 N–H and O–H groups in total. The van der Waals surface area contributed by atoms with Gasteiger partial charge in [-0.2, -0.15) is 5.10 Å². The minimum absolute atomic E-state index is 0.0540. The van der Waals surface area contributed by atoms with E-state index in [-0.39, 0.29) is 11.5 Å². The van der Waals surface area contributed by atoms with Crippen LogP contribution in [0.5, 0.6) is 0 Å². The van der Waals surface area contributed by atoms with E-state index in [1.54, 1.807) is 15.8 Å². The van der Waals surface area contributed by atoms with Crippen molar-refractivity contribution in [2.45, 2.75) is 39.7 Å². The molecule has 2 aromatic heterocycles. The fraction of sp³-hybridized carbons (Fsp3) is 0.579. The van der Waals surface area contributed by atoms with E-state index in [4.69, 9.17) is 4.98 Å². The monoisotopic (exact) mass is 370 g/mol. The molecule has 0 spiro atoms. The largest absolute Gasteiger partial charge is 0.342 e. The summed E-state index contributed by atoms with van der Waals surface area (Å²) in [5, 5.41) is 4.26.